The Labute approximate surface area is 117 Å². The van der Waals surface area contributed by atoms with Gasteiger partial charge in [-0.3, -0.25) is 0 Å². The first kappa shape index (κ1) is 12.4. The van der Waals surface area contributed by atoms with Crippen LogP contribution in [0, 0.1) is 6.92 Å². The van der Waals surface area contributed by atoms with Crippen molar-refractivity contribution in [3.05, 3.63) is 53.2 Å². The molecule has 2 aromatic carbocycles. The van der Waals surface area contributed by atoms with Gasteiger partial charge in [0.15, 0.2) is 0 Å². The maximum absolute atomic E-state index is 4.50. The molecule has 0 saturated heterocycles. The summed E-state index contributed by atoms with van der Waals surface area (Å²) in [6.07, 6.45) is 2.00. The predicted molar refractivity (Wildman–Crippen MR) is 83.9 cm³/mol. The Bertz CT molecular complexity index is 725. The largest absolute Gasteiger partial charge is 0.249 e. The van der Waals surface area contributed by atoms with Gasteiger partial charge in [0.25, 0.3) is 0 Å². The molecule has 0 aliphatic heterocycles. The topological polar surface area (TPSA) is 12.9 Å². The quantitative estimate of drug-likeness (QED) is 0.606. The van der Waals surface area contributed by atoms with Gasteiger partial charge in [0.1, 0.15) is 0 Å². The number of thiazole rings is 1. The van der Waals surface area contributed by atoms with Crippen LogP contribution in [0.15, 0.2) is 42.6 Å². The molecule has 0 bridgehead atoms. The zero-order chi connectivity index (χ0) is 13.4. The van der Waals surface area contributed by atoms with Crippen molar-refractivity contribution in [3.63, 3.8) is 0 Å². The fourth-order valence-corrected chi connectivity index (χ4v) is 3.12. The Morgan fingerprint density at radius 3 is 2.47 bits per heavy atom. The smallest absolute Gasteiger partial charge is 0.0956 e. The average molecular weight is 267 g/mol. The van der Waals surface area contributed by atoms with Gasteiger partial charge in [-0.15, -0.1) is 11.3 Å². The molecule has 1 nitrogen and oxygen atoms in total. The summed E-state index contributed by atoms with van der Waals surface area (Å²) in [5.74, 6) is 0.502. The molecule has 0 radical (unpaired) electrons. The molecular weight excluding hydrogens is 250 g/mol. The maximum atomic E-state index is 4.50. The molecule has 2 heteroatoms. The summed E-state index contributed by atoms with van der Waals surface area (Å²) in [7, 11) is 0. The number of hydrogen-bond donors (Lipinski definition) is 0. The van der Waals surface area contributed by atoms with Gasteiger partial charge >= 0.3 is 0 Å². The number of rotatable bonds is 2. The Morgan fingerprint density at radius 1 is 1.00 bits per heavy atom. The predicted octanol–water partition coefficient (Wildman–Crippen LogP) is 5.40. The van der Waals surface area contributed by atoms with Gasteiger partial charge < -0.3 is 0 Å². The Kier molecular flexibility index (Phi) is 3.11. The lowest BCUT2D eigenvalue weighted by Gasteiger charge is -2.02. The van der Waals surface area contributed by atoms with E-state index in [9.17, 15) is 0 Å². The van der Waals surface area contributed by atoms with E-state index in [0.29, 0.717) is 5.92 Å². The molecule has 0 aliphatic carbocycles. The van der Waals surface area contributed by atoms with Gasteiger partial charge in [-0.1, -0.05) is 49.7 Å². The Morgan fingerprint density at radius 2 is 1.74 bits per heavy atom. The van der Waals surface area contributed by atoms with Crippen LogP contribution in [0.1, 0.15) is 30.3 Å². The minimum atomic E-state index is 0.502. The molecule has 1 aromatic heterocycles. The first-order valence-corrected chi connectivity index (χ1v) is 7.41. The fraction of sp³-hybridized carbons (Fsp3) is 0.235. The number of nitrogens with zero attached hydrogens (tertiary/aromatic N) is 1. The summed E-state index contributed by atoms with van der Waals surface area (Å²) < 4.78 is 0. The average Bonchev–Trinajstić information content (AvgIpc) is 2.88. The highest BCUT2D eigenvalue weighted by molar-refractivity contribution is 7.15. The van der Waals surface area contributed by atoms with Crippen LogP contribution in [0.5, 0.6) is 0 Å². The van der Waals surface area contributed by atoms with Crippen molar-refractivity contribution < 1.29 is 0 Å². The number of aryl methyl sites for hydroxylation is 1. The van der Waals surface area contributed by atoms with Gasteiger partial charge in [0.05, 0.1) is 9.88 Å². The lowest BCUT2D eigenvalue weighted by Crippen LogP contribution is -1.81. The van der Waals surface area contributed by atoms with Gasteiger partial charge in [0, 0.05) is 12.1 Å². The summed E-state index contributed by atoms with van der Waals surface area (Å²) in [5.41, 5.74) is 2.57. The van der Waals surface area contributed by atoms with E-state index in [1.54, 1.807) is 11.3 Å². The number of fused-ring (bicyclic) bond motifs is 1. The van der Waals surface area contributed by atoms with Crippen molar-refractivity contribution in [2.24, 2.45) is 0 Å². The van der Waals surface area contributed by atoms with Crippen molar-refractivity contribution in [1.82, 2.24) is 4.98 Å². The zero-order valence-electron chi connectivity index (χ0n) is 11.5. The van der Waals surface area contributed by atoms with Crippen LogP contribution in [0.2, 0.25) is 0 Å². The highest BCUT2D eigenvalue weighted by atomic mass is 32.1. The molecule has 0 aliphatic rings. The molecule has 0 spiro atoms. The molecule has 19 heavy (non-hydrogen) atoms. The highest BCUT2D eigenvalue weighted by Crippen LogP contribution is 2.31. The van der Waals surface area contributed by atoms with Gasteiger partial charge in [-0.05, 0) is 29.3 Å². The molecule has 0 atom stereocenters. The molecular formula is C17H17NS. The number of hydrogen-bond acceptors (Lipinski definition) is 2. The molecule has 0 N–H and O–H groups in total. The lowest BCUT2D eigenvalue weighted by atomic mass is 10.0. The van der Waals surface area contributed by atoms with Crippen LogP contribution in [-0.2, 0) is 0 Å². The first-order valence-electron chi connectivity index (χ1n) is 6.60. The third-order valence-corrected chi connectivity index (χ3v) is 4.64. The minimum Gasteiger partial charge on any atom is -0.249 e. The van der Waals surface area contributed by atoms with Crippen LogP contribution in [0.3, 0.4) is 0 Å². The van der Waals surface area contributed by atoms with E-state index in [0.717, 1.165) is 0 Å². The molecule has 0 amide bonds. The van der Waals surface area contributed by atoms with Crippen LogP contribution in [0.25, 0.3) is 21.2 Å². The summed E-state index contributed by atoms with van der Waals surface area (Å²) in [6, 6.07) is 13.2. The van der Waals surface area contributed by atoms with E-state index in [1.807, 2.05) is 6.20 Å². The zero-order valence-corrected chi connectivity index (χ0v) is 12.3. The highest BCUT2D eigenvalue weighted by Gasteiger charge is 2.08. The molecule has 3 rings (SSSR count). The second-order valence-electron chi connectivity index (χ2n) is 5.28. The Hall–Kier alpha value is -1.67. The van der Waals surface area contributed by atoms with E-state index in [2.05, 4.69) is 62.2 Å². The van der Waals surface area contributed by atoms with Crippen LogP contribution >= 0.6 is 11.3 Å². The number of aromatic nitrogens is 1. The molecule has 0 fully saturated rings. The van der Waals surface area contributed by atoms with E-state index in [-0.39, 0.29) is 0 Å². The van der Waals surface area contributed by atoms with Crippen molar-refractivity contribution in [3.8, 4) is 10.4 Å². The van der Waals surface area contributed by atoms with E-state index in [4.69, 9.17) is 0 Å². The lowest BCUT2D eigenvalue weighted by molar-refractivity contribution is 0.852. The normalized spacial score (nSPS) is 11.4. The van der Waals surface area contributed by atoms with Crippen molar-refractivity contribution in [1.29, 1.82) is 0 Å². The first-order chi connectivity index (χ1) is 9.13. The molecule has 3 aromatic rings. The van der Waals surface area contributed by atoms with Gasteiger partial charge in [-0.2, -0.15) is 0 Å². The third kappa shape index (κ3) is 2.41. The van der Waals surface area contributed by atoms with Gasteiger partial charge in [0.2, 0.25) is 0 Å². The van der Waals surface area contributed by atoms with E-state index in [1.165, 1.54) is 31.8 Å². The van der Waals surface area contributed by atoms with Crippen LogP contribution in [-0.4, -0.2) is 4.98 Å². The Balaban J connectivity index is 2.07. The van der Waals surface area contributed by atoms with E-state index < -0.39 is 0 Å². The summed E-state index contributed by atoms with van der Waals surface area (Å²) in [5, 5.41) is 3.80. The van der Waals surface area contributed by atoms with Crippen molar-refractivity contribution in [2.75, 3.05) is 0 Å². The standard InChI is InChI=1S/C17H17NS/c1-11(2)17-18-10-16(19-17)15-7-6-13-8-12(3)4-5-14(13)9-15/h4-11H,1-3H3. The monoisotopic (exact) mass is 267 g/mol. The van der Waals surface area contributed by atoms with Crippen molar-refractivity contribution in [2.45, 2.75) is 26.7 Å². The summed E-state index contributed by atoms with van der Waals surface area (Å²) in [4.78, 5) is 5.76. The summed E-state index contributed by atoms with van der Waals surface area (Å²) >= 11 is 1.79. The van der Waals surface area contributed by atoms with Crippen molar-refractivity contribution >= 4 is 22.1 Å². The fourth-order valence-electron chi connectivity index (χ4n) is 2.21. The van der Waals surface area contributed by atoms with Crippen LogP contribution in [0.4, 0.5) is 0 Å². The summed E-state index contributed by atoms with van der Waals surface area (Å²) in [6.45, 7) is 6.50. The minimum absolute atomic E-state index is 0.502. The third-order valence-electron chi connectivity index (χ3n) is 3.30. The van der Waals surface area contributed by atoms with Crippen LogP contribution < -0.4 is 0 Å². The molecule has 0 saturated carbocycles. The second-order valence-corrected chi connectivity index (χ2v) is 6.35. The maximum Gasteiger partial charge on any atom is 0.0956 e. The van der Waals surface area contributed by atoms with Gasteiger partial charge in [-0.25, -0.2) is 4.98 Å². The number of benzene rings is 2. The molecule has 1 heterocycles. The second kappa shape index (κ2) is 4.78. The molecule has 96 valence electrons. The molecule has 0 unspecified atom stereocenters. The SMILES string of the molecule is Cc1ccc2cc(-c3cnc(C(C)C)s3)ccc2c1. The van der Waals surface area contributed by atoms with E-state index >= 15 is 0 Å².